The molecule has 1 amide bonds. The first-order chi connectivity index (χ1) is 13.2. The molecule has 0 bridgehead atoms. The minimum Gasteiger partial charge on any atom is -0.494 e. The molecule has 2 aliphatic heterocycles. The van der Waals surface area contributed by atoms with Crippen LogP contribution in [0.1, 0.15) is 30.1 Å². The van der Waals surface area contributed by atoms with E-state index in [1.807, 2.05) is 41.0 Å². The third-order valence-corrected chi connectivity index (χ3v) is 5.43. The zero-order valence-electron chi connectivity index (χ0n) is 15.3. The molecule has 27 heavy (non-hydrogen) atoms. The molecule has 3 heterocycles. The summed E-state index contributed by atoms with van der Waals surface area (Å²) in [6.45, 7) is 4.81. The summed E-state index contributed by atoms with van der Waals surface area (Å²) in [5.74, 6) is 1.39. The van der Waals surface area contributed by atoms with E-state index in [2.05, 4.69) is 9.97 Å². The SMILES string of the molecule is CCOc1ccc(C(=O)N2CCC3CCN(c4ncc(F)cn4)CC32)cc1. The van der Waals surface area contributed by atoms with Crippen molar-refractivity contribution >= 4 is 11.9 Å². The molecule has 0 radical (unpaired) electrons. The van der Waals surface area contributed by atoms with Crippen molar-refractivity contribution in [3.63, 3.8) is 0 Å². The number of amides is 1. The molecule has 4 rings (SSSR count). The molecule has 1 aromatic carbocycles. The molecule has 6 nitrogen and oxygen atoms in total. The van der Waals surface area contributed by atoms with Crippen LogP contribution in [0.3, 0.4) is 0 Å². The molecule has 2 aromatic rings. The molecule has 2 aliphatic rings. The van der Waals surface area contributed by atoms with Crippen LogP contribution in [-0.2, 0) is 0 Å². The Morgan fingerprint density at radius 3 is 2.59 bits per heavy atom. The van der Waals surface area contributed by atoms with Crippen molar-refractivity contribution in [3.8, 4) is 5.75 Å². The van der Waals surface area contributed by atoms with Crippen LogP contribution in [0.5, 0.6) is 5.75 Å². The van der Waals surface area contributed by atoms with Gasteiger partial charge in [0, 0.05) is 25.2 Å². The van der Waals surface area contributed by atoms with E-state index in [1.165, 1.54) is 12.4 Å². The van der Waals surface area contributed by atoms with Crippen LogP contribution >= 0.6 is 0 Å². The highest BCUT2D eigenvalue weighted by Gasteiger charge is 2.41. The number of likely N-dealkylation sites (tertiary alicyclic amines) is 1. The maximum Gasteiger partial charge on any atom is 0.254 e. The maximum atomic E-state index is 13.1. The molecule has 2 fully saturated rings. The van der Waals surface area contributed by atoms with Gasteiger partial charge in [0.15, 0.2) is 5.82 Å². The van der Waals surface area contributed by atoms with Gasteiger partial charge in [0.1, 0.15) is 5.75 Å². The van der Waals surface area contributed by atoms with Gasteiger partial charge < -0.3 is 14.5 Å². The quantitative estimate of drug-likeness (QED) is 0.828. The Morgan fingerprint density at radius 2 is 1.89 bits per heavy atom. The van der Waals surface area contributed by atoms with E-state index < -0.39 is 5.82 Å². The Hall–Kier alpha value is -2.70. The number of carbonyl (C=O) groups is 1. The number of carbonyl (C=O) groups excluding carboxylic acids is 1. The first kappa shape index (κ1) is 17.7. The zero-order chi connectivity index (χ0) is 18.8. The lowest BCUT2D eigenvalue weighted by Gasteiger charge is -2.38. The van der Waals surface area contributed by atoms with Crippen LogP contribution in [0.15, 0.2) is 36.7 Å². The van der Waals surface area contributed by atoms with Gasteiger partial charge in [-0.1, -0.05) is 0 Å². The van der Waals surface area contributed by atoms with Crippen LogP contribution < -0.4 is 9.64 Å². The molecule has 0 aliphatic carbocycles. The van der Waals surface area contributed by atoms with E-state index in [9.17, 15) is 9.18 Å². The van der Waals surface area contributed by atoms with Gasteiger partial charge in [-0.3, -0.25) is 4.79 Å². The average molecular weight is 370 g/mol. The van der Waals surface area contributed by atoms with Gasteiger partial charge in [-0.2, -0.15) is 0 Å². The Bertz CT molecular complexity index is 797. The molecule has 2 atom stereocenters. The summed E-state index contributed by atoms with van der Waals surface area (Å²) in [7, 11) is 0. The number of anilines is 1. The fraction of sp³-hybridized carbons (Fsp3) is 0.450. The number of hydrogen-bond donors (Lipinski definition) is 0. The molecule has 2 saturated heterocycles. The van der Waals surface area contributed by atoms with Crippen molar-refractivity contribution in [2.45, 2.75) is 25.8 Å². The van der Waals surface area contributed by atoms with Gasteiger partial charge in [0.05, 0.1) is 25.0 Å². The normalized spacial score (nSPS) is 21.9. The number of halogens is 1. The number of fused-ring (bicyclic) bond motifs is 1. The van der Waals surface area contributed by atoms with Crippen LogP contribution in [0.25, 0.3) is 0 Å². The van der Waals surface area contributed by atoms with Crippen molar-refractivity contribution in [3.05, 3.63) is 48.0 Å². The number of hydrogen-bond acceptors (Lipinski definition) is 5. The fourth-order valence-corrected chi connectivity index (χ4v) is 4.07. The second-order valence-corrected chi connectivity index (χ2v) is 7.01. The Kier molecular flexibility index (Phi) is 4.92. The Balaban J connectivity index is 1.48. The summed E-state index contributed by atoms with van der Waals surface area (Å²) >= 11 is 0. The standard InChI is InChI=1S/C20H23FN4O2/c1-2-27-17-5-3-15(4-6-17)19(26)25-10-8-14-7-9-24(13-18(14)25)20-22-11-16(21)12-23-20/h3-6,11-12,14,18H,2,7-10,13H2,1H3. The molecule has 7 heteroatoms. The van der Waals surface area contributed by atoms with Crippen LogP contribution in [0, 0.1) is 11.7 Å². The molecular weight excluding hydrogens is 347 g/mol. The van der Waals surface area contributed by atoms with Crippen molar-refractivity contribution in [1.82, 2.24) is 14.9 Å². The molecular formula is C20H23FN4O2. The summed E-state index contributed by atoms with van der Waals surface area (Å²) in [5, 5.41) is 0. The predicted molar refractivity (Wildman–Crippen MR) is 99.4 cm³/mol. The largest absolute Gasteiger partial charge is 0.494 e. The van der Waals surface area contributed by atoms with E-state index in [-0.39, 0.29) is 11.9 Å². The van der Waals surface area contributed by atoms with E-state index >= 15 is 0 Å². The number of piperidine rings is 1. The van der Waals surface area contributed by atoms with Crippen LogP contribution in [-0.4, -0.2) is 53.1 Å². The van der Waals surface area contributed by atoms with Gasteiger partial charge >= 0.3 is 0 Å². The average Bonchev–Trinajstić information content (AvgIpc) is 3.12. The van der Waals surface area contributed by atoms with Gasteiger partial charge in [-0.25, -0.2) is 14.4 Å². The van der Waals surface area contributed by atoms with Crippen molar-refractivity contribution in [2.75, 3.05) is 31.1 Å². The van der Waals surface area contributed by atoms with Crippen molar-refractivity contribution in [1.29, 1.82) is 0 Å². The summed E-state index contributed by atoms with van der Waals surface area (Å²) in [6.07, 6.45) is 4.38. The molecule has 142 valence electrons. The third kappa shape index (κ3) is 3.59. The number of aromatic nitrogens is 2. The molecule has 0 spiro atoms. The number of rotatable bonds is 4. The second-order valence-electron chi connectivity index (χ2n) is 7.01. The number of ether oxygens (including phenoxy) is 1. The minimum absolute atomic E-state index is 0.0485. The zero-order valence-corrected chi connectivity index (χ0v) is 15.3. The van der Waals surface area contributed by atoms with Crippen LogP contribution in [0.4, 0.5) is 10.3 Å². The van der Waals surface area contributed by atoms with E-state index in [0.29, 0.717) is 30.6 Å². The summed E-state index contributed by atoms with van der Waals surface area (Å²) in [6, 6.07) is 7.45. The van der Waals surface area contributed by atoms with E-state index in [4.69, 9.17) is 4.74 Å². The predicted octanol–water partition coefficient (Wildman–Crippen LogP) is 2.76. The highest BCUT2D eigenvalue weighted by atomic mass is 19.1. The minimum atomic E-state index is -0.443. The summed E-state index contributed by atoms with van der Waals surface area (Å²) in [4.78, 5) is 25.2. The molecule has 1 aromatic heterocycles. The second kappa shape index (κ2) is 7.50. The summed E-state index contributed by atoms with van der Waals surface area (Å²) in [5.41, 5.74) is 0.675. The molecule has 0 N–H and O–H groups in total. The summed E-state index contributed by atoms with van der Waals surface area (Å²) < 4.78 is 18.5. The smallest absolute Gasteiger partial charge is 0.254 e. The monoisotopic (exact) mass is 370 g/mol. The highest BCUT2D eigenvalue weighted by Crippen LogP contribution is 2.33. The maximum absolute atomic E-state index is 13.1. The van der Waals surface area contributed by atoms with Gasteiger partial charge in [0.25, 0.3) is 5.91 Å². The lowest BCUT2D eigenvalue weighted by atomic mass is 9.92. The number of benzene rings is 1. The first-order valence-corrected chi connectivity index (χ1v) is 9.42. The topological polar surface area (TPSA) is 58.6 Å². The fourth-order valence-electron chi connectivity index (χ4n) is 4.07. The van der Waals surface area contributed by atoms with Crippen LogP contribution in [0.2, 0.25) is 0 Å². The van der Waals surface area contributed by atoms with Gasteiger partial charge in [-0.05, 0) is 49.9 Å². The van der Waals surface area contributed by atoms with Crippen molar-refractivity contribution in [2.24, 2.45) is 5.92 Å². The Labute approximate surface area is 158 Å². The lowest BCUT2D eigenvalue weighted by Crippen LogP contribution is -2.50. The molecule has 0 saturated carbocycles. The van der Waals surface area contributed by atoms with Gasteiger partial charge in [-0.15, -0.1) is 0 Å². The Morgan fingerprint density at radius 1 is 1.19 bits per heavy atom. The van der Waals surface area contributed by atoms with Gasteiger partial charge in [0.2, 0.25) is 5.95 Å². The third-order valence-electron chi connectivity index (χ3n) is 5.43. The van der Waals surface area contributed by atoms with E-state index in [0.717, 1.165) is 31.7 Å². The lowest BCUT2D eigenvalue weighted by molar-refractivity contribution is 0.0711. The van der Waals surface area contributed by atoms with E-state index in [1.54, 1.807) is 0 Å². The first-order valence-electron chi connectivity index (χ1n) is 9.42. The number of nitrogens with zero attached hydrogens (tertiary/aromatic N) is 4. The highest BCUT2D eigenvalue weighted by molar-refractivity contribution is 5.94. The van der Waals surface area contributed by atoms with Crippen molar-refractivity contribution < 1.29 is 13.9 Å². The molecule has 2 unspecified atom stereocenters.